The Morgan fingerprint density at radius 3 is 1.73 bits per heavy atom. The van der Waals surface area contributed by atoms with Crippen molar-refractivity contribution >= 4 is 23.2 Å². The molecular weight excluding hydrogens is 640 g/mol. The number of ether oxygens (including phenoxy) is 2. The van der Waals surface area contributed by atoms with E-state index in [1.54, 1.807) is 0 Å². The van der Waals surface area contributed by atoms with Gasteiger partial charge in [-0.3, -0.25) is 9.59 Å². The van der Waals surface area contributed by atoms with Gasteiger partial charge in [-0.15, -0.1) is 0 Å². The zero-order chi connectivity index (χ0) is 36.2. The molecule has 4 aliphatic heterocycles. The lowest BCUT2D eigenvalue weighted by Crippen LogP contribution is -2.49. The SMILES string of the molecule is C#N.CC(C)Oc1ccc([C@@H]2NC(=O)c3cccc4c3N2CCC4)cc1.CC(C)Oc1ccc([C@H]2NC(=O)c3cccc4c3N2CC[C@@H]4N)cc1. The summed E-state index contributed by atoms with van der Waals surface area (Å²) in [6, 6.07) is 27.8. The molecule has 10 nitrogen and oxygen atoms in total. The van der Waals surface area contributed by atoms with Gasteiger partial charge >= 0.3 is 0 Å². The quantitative estimate of drug-likeness (QED) is 0.199. The second kappa shape index (κ2) is 15.2. The van der Waals surface area contributed by atoms with Crippen molar-refractivity contribution in [1.82, 2.24) is 10.6 Å². The first kappa shape index (κ1) is 35.3. The fraction of sp³-hybridized carbons (Fsp3) is 0.341. The molecule has 0 unspecified atom stereocenters. The Balaban J connectivity index is 0.000000168. The predicted molar refractivity (Wildman–Crippen MR) is 199 cm³/mol. The molecule has 4 aromatic rings. The molecule has 4 N–H and O–H groups in total. The molecule has 0 aliphatic carbocycles. The third-order valence-electron chi connectivity index (χ3n) is 9.47. The number of hydrogen-bond acceptors (Lipinski definition) is 8. The average Bonchev–Trinajstić information content (AvgIpc) is 3.13. The van der Waals surface area contributed by atoms with Gasteiger partial charge < -0.3 is 35.6 Å². The number of nitrogens with one attached hydrogen (secondary N) is 2. The third-order valence-corrected chi connectivity index (χ3v) is 9.47. The summed E-state index contributed by atoms with van der Waals surface area (Å²) in [6.07, 6.45) is 3.02. The van der Waals surface area contributed by atoms with Gasteiger partial charge in [-0.25, -0.2) is 5.26 Å². The summed E-state index contributed by atoms with van der Waals surface area (Å²) in [5, 5.41) is 12.8. The Labute approximate surface area is 300 Å². The Morgan fingerprint density at radius 1 is 0.706 bits per heavy atom. The fourth-order valence-electron chi connectivity index (χ4n) is 7.38. The van der Waals surface area contributed by atoms with Crippen LogP contribution in [0.4, 0.5) is 11.4 Å². The van der Waals surface area contributed by atoms with Crippen molar-refractivity contribution in [2.75, 3.05) is 22.9 Å². The fourth-order valence-corrected chi connectivity index (χ4v) is 7.38. The van der Waals surface area contributed by atoms with Crippen LogP contribution in [0.1, 0.15) is 102 Å². The van der Waals surface area contributed by atoms with Gasteiger partial charge in [0, 0.05) is 25.7 Å². The van der Waals surface area contributed by atoms with E-state index in [4.69, 9.17) is 20.5 Å². The number of para-hydroxylation sites is 2. The summed E-state index contributed by atoms with van der Waals surface area (Å²) in [4.78, 5) is 29.8. The molecule has 4 heterocycles. The zero-order valence-electron chi connectivity index (χ0n) is 29.6. The van der Waals surface area contributed by atoms with Gasteiger partial charge in [-0.1, -0.05) is 48.5 Å². The van der Waals surface area contributed by atoms with Crippen LogP contribution in [-0.4, -0.2) is 37.1 Å². The first-order valence-corrected chi connectivity index (χ1v) is 17.6. The smallest absolute Gasteiger partial charge is 0.255 e. The summed E-state index contributed by atoms with van der Waals surface area (Å²) in [5.74, 6) is 1.66. The number of nitrogens with zero attached hydrogens (tertiary/aromatic N) is 3. The van der Waals surface area contributed by atoms with Crippen LogP contribution in [-0.2, 0) is 6.42 Å². The molecule has 8 rings (SSSR count). The minimum Gasteiger partial charge on any atom is -0.491 e. The molecular formula is C41H46N6O4. The van der Waals surface area contributed by atoms with Crippen LogP contribution < -0.4 is 35.6 Å². The number of hydrogen-bond donors (Lipinski definition) is 3. The lowest BCUT2D eigenvalue weighted by atomic mass is 9.90. The van der Waals surface area contributed by atoms with E-state index in [2.05, 4.69) is 33.1 Å². The number of carbonyl (C=O) groups excluding carboxylic acids is 2. The van der Waals surface area contributed by atoms with E-state index in [0.29, 0.717) is 5.56 Å². The molecule has 0 fully saturated rings. The second-order valence-electron chi connectivity index (χ2n) is 13.7. The zero-order valence-corrected chi connectivity index (χ0v) is 29.6. The van der Waals surface area contributed by atoms with E-state index in [9.17, 15) is 9.59 Å². The maximum atomic E-state index is 12.6. The van der Waals surface area contributed by atoms with Gasteiger partial charge in [0.15, 0.2) is 0 Å². The van der Waals surface area contributed by atoms with Gasteiger partial charge in [0.2, 0.25) is 0 Å². The van der Waals surface area contributed by atoms with Gasteiger partial charge in [-0.2, -0.15) is 0 Å². The Hall–Kier alpha value is -5.53. The molecule has 51 heavy (non-hydrogen) atoms. The molecule has 2 amide bonds. The van der Waals surface area contributed by atoms with E-state index in [1.807, 2.05) is 107 Å². The van der Waals surface area contributed by atoms with Crippen molar-refractivity contribution in [3.63, 3.8) is 0 Å². The highest BCUT2D eigenvalue weighted by Gasteiger charge is 2.37. The highest BCUT2D eigenvalue weighted by molar-refractivity contribution is 6.04. The minimum absolute atomic E-state index is 0.0116. The first-order valence-electron chi connectivity index (χ1n) is 17.6. The number of nitrogens with two attached hydrogens (primary N) is 1. The van der Waals surface area contributed by atoms with Crippen molar-refractivity contribution in [2.45, 2.75) is 77.5 Å². The van der Waals surface area contributed by atoms with Crippen LogP contribution in [0.15, 0.2) is 84.9 Å². The molecule has 0 saturated heterocycles. The van der Waals surface area contributed by atoms with Gasteiger partial charge in [0.25, 0.3) is 11.8 Å². The monoisotopic (exact) mass is 686 g/mol. The van der Waals surface area contributed by atoms with E-state index in [1.165, 1.54) is 5.56 Å². The summed E-state index contributed by atoms with van der Waals surface area (Å²) in [7, 11) is 0. The Morgan fingerprint density at radius 2 is 1.20 bits per heavy atom. The molecule has 10 heteroatoms. The topological polar surface area (TPSA) is 133 Å². The molecule has 0 saturated carbocycles. The summed E-state index contributed by atoms with van der Waals surface area (Å²) in [5.41, 5.74) is 14.3. The molecule has 0 radical (unpaired) electrons. The van der Waals surface area contributed by atoms with Crippen LogP contribution in [0, 0.1) is 11.8 Å². The van der Waals surface area contributed by atoms with Crippen LogP contribution in [0.25, 0.3) is 0 Å². The van der Waals surface area contributed by atoms with Gasteiger partial charge in [-0.05, 0) is 106 Å². The summed E-state index contributed by atoms with van der Waals surface area (Å²) < 4.78 is 11.4. The van der Waals surface area contributed by atoms with Gasteiger partial charge in [0.1, 0.15) is 23.8 Å². The number of amides is 2. The molecule has 264 valence electrons. The molecule has 3 atom stereocenters. The number of rotatable bonds is 6. The molecule has 0 spiro atoms. The highest BCUT2D eigenvalue weighted by atomic mass is 16.5. The summed E-state index contributed by atoms with van der Waals surface area (Å²) in [6.45, 7) is 13.3. The number of anilines is 2. The minimum atomic E-state index is -0.179. The van der Waals surface area contributed by atoms with Crippen molar-refractivity contribution in [3.8, 4) is 18.1 Å². The number of carbonyl (C=O) groups is 2. The largest absolute Gasteiger partial charge is 0.491 e. The van der Waals surface area contributed by atoms with E-state index in [0.717, 1.165) is 77.5 Å². The molecule has 0 bridgehead atoms. The third kappa shape index (κ3) is 7.21. The Bertz CT molecular complexity index is 1890. The normalized spacial score (nSPS) is 19.7. The van der Waals surface area contributed by atoms with Gasteiger partial charge in [0.05, 0.1) is 34.7 Å². The number of aryl methyl sites for hydroxylation is 1. The van der Waals surface area contributed by atoms with Crippen molar-refractivity contribution in [1.29, 1.82) is 5.26 Å². The first-order chi connectivity index (χ1) is 24.7. The Kier molecular flexibility index (Phi) is 10.5. The molecule has 4 aliphatic rings. The second-order valence-corrected chi connectivity index (χ2v) is 13.7. The van der Waals surface area contributed by atoms with Crippen molar-refractivity contribution in [2.24, 2.45) is 5.73 Å². The van der Waals surface area contributed by atoms with Crippen LogP contribution >= 0.6 is 0 Å². The standard InChI is InChI=1S/C20H23N3O2.C20H22N2O2.CHN/c1-12(2)25-14-8-6-13(7-9-14)19-22-20(24)16-5-3-4-15-17(21)10-11-23(19)18(15)16;1-13(2)24-16-10-8-15(9-11-16)19-21-20(23)17-7-3-5-14-6-4-12-22(19)18(14)17;1-2/h3-9,12,17,19H,10-11,21H2,1-2H3,(H,22,24);3,5,7-11,13,19H,4,6,12H2,1-2H3,(H,21,23);1H/t17-,19-;19-;/m01./s1. The van der Waals surface area contributed by atoms with Crippen LogP contribution in [0.2, 0.25) is 0 Å². The van der Waals surface area contributed by atoms with Crippen molar-refractivity contribution < 1.29 is 19.1 Å². The summed E-state index contributed by atoms with van der Waals surface area (Å²) >= 11 is 0. The van der Waals surface area contributed by atoms with E-state index in [-0.39, 0.29) is 42.4 Å². The van der Waals surface area contributed by atoms with E-state index >= 15 is 0 Å². The lowest BCUT2D eigenvalue weighted by Gasteiger charge is -2.44. The molecule has 0 aromatic heterocycles. The maximum Gasteiger partial charge on any atom is 0.255 e. The van der Waals surface area contributed by atoms with Crippen LogP contribution in [0.5, 0.6) is 11.5 Å². The predicted octanol–water partition coefficient (Wildman–Crippen LogP) is 6.93. The average molecular weight is 687 g/mol. The molecule has 4 aromatic carbocycles. The highest BCUT2D eigenvalue weighted by Crippen LogP contribution is 2.42. The van der Waals surface area contributed by atoms with Crippen molar-refractivity contribution in [3.05, 3.63) is 118 Å². The number of benzene rings is 4. The lowest BCUT2D eigenvalue weighted by molar-refractivity contribution is 0.0917. The van der Waals surface area contributed by atoms with E-state index < -0.39 is 0 Å². The number of nitriles is 1. The maximum absolute atomic E-state index is 12.6. The van der Waals surface area contributed by atoms with Crippen LogP contribution in [0.3, 0.4) is 0 Å².